The van der Waals surface area contributed by atoms with Gasteiger partial charge in [0, 0.05) is 41.1 Å². The Kier molecular flexibility index (Phi) is 7.59. The third-order valence-corrected chi connectivity index (χ3v) is 10.5. The number of rotatable bonds is 8. The minimum absolute atomic E-state index is 0.00188. The van der Waals surface area contributed by atoms with Crippen molar-refractivity contribution in [3.8, 4) is 19.5 Å². The third kappa shape index (κ3) is 5.51. The van der Waals surface area contributed by atoms with E-state index in [1.54, 1.807) is 45.3 Å². The normalized spacial score (nSPS) is 18.0. The molecule has 4 aromatic heterocycles. The van der Waals surface area contributed by atoms with E-state index in [1.165, 1.54) is 19.5 Å². The van der Waals surface area contributed by atoms with E-state index in [9.17, 15) is 9.59 Å². The van der Waals surface area contributed by atoms with Crippen molar-refractivity contribution >= 4 is 57.2 Å². The van der Waals surface area contributed by atoms with Crippen LogP contribution in [-0.2, 0) is 22.7 Å². The van der Waals surface area contributed by atoms with Crippen LogP contribution >= 0.6 is 45.3 Å². The summed E-state index contributed by atoms with van der Waals surface area (Å²) in [5.41, 5.74) is 0. The number of carbonyl (C=O) groups excluding carboxylic acids is 2. The molecule has 8 heteroatoms. The van der Waals surface area contributed by atoms with Crippen LogP contribution < -0.4 is 10.6 Å². The van der Waals surface area contributed by atoms with Gasteiger partial charge in [-0.25, -0.2) is 0 Å². The molecule has 1 aliphatic carbocycles. The van der Waals surface area contributed by atoms with Gasteiger partial charge in [-0.15, -0.1) is 45.3 Å². The van der Waals surface area contributed by atoms with Crippen molar-refractivity contribution in [2.24, 2.45) is 11.8 Å². The van der Waals surface area contributed by atoms with Gasteiger partial charge in [0.2, 0.25) is 11.8 Å². The molecule has 1 aliphatic rings. The van der Waals surface area contributed by atoms with E-state index in [0.717, 1.165) is 35.4 Å². The lowest BCUT2D eigenvalue weighted by molar-refractivity contribution is -0.136. The molecule has 2 atom stereocenters. The largest absolute Gasteiger partial charge is 0.351 e. The zero-order chi connectivity index (χ0) is 23.3. The Labute approximate surface area is 215 Å². The molecule has 1 saturated carbocycles. The Morgan fingerprint density at radius 3 is 1.56 bits per heavy atom. The molecule has 2 N–H and O–H groups in total. The first-order chi connectivity index (χ1) is 16.7. The van der Waals surface area contributed by atoms with E-state index in [2.05, 4.69) is 69.9 Å². The summed E-state index contributed by atoms with van der Waals surface area (Å²) < 4.78 is 0. The predicted octanol–water partition coefficient (Wildman–Crippen LogP) is 7.01. The first kappa shape index (κ1) is 23.5. The molecular weight excluding hydrogens is 501 g/mol. The zero-order valence-electron chi connectivity index (χ0n) is 18.6. The molecule has 0 spiro atoms. The molecule has 0 aliphatic heterocycles. The molecule has 4 nitrogen and oxygen atoms in total. The Bertz CT molecular complexity index is 1130. The average molecular weight is 527 g/mol. The van der Waals surface area contributed by atoms with Crippen molar-refractivity contribution in [2.75, 3.05) is 0 Å². The molecular formula is C26H26N2O2S4. The van der Waals surface area contributed by atoms with Crippen LogP contribution in [0, 0.1) is 11.8 Å². The second-order valence-corrected chi connectivity index (χ2v) is 12.7. The standard InChI is InChI=1S/C26H26N2O2S4/c29-25(27-15-17-9-11-23(33-17)21-7-3-13-31-21)19-5-1-2-6-20(19)26(30)28-16-18-10-12-24(34-18)22-8-4-14-32-22/h3-4,7-14,19-20H,1-2,5-6,15-16H2,(H,27,29)(H,28,30)/t19-,20?/m1/s1. The highest BCUT2D eigenvalue weighted by molar-refractivity contribution is 7.21. The second-order valence-electron chi connectivity index (χ2n) is 8.42. The Balaban J connectivity index is 1.15. The summed E-state index contributed by atoms with van der Waals surface area (Å²) in [6.45, 7) is 1.03. The summed E-state index contributed by atoms with van der Waals surface area (Å²) in [6.07, 6.45) is 3.55. The molecule has 2 amide bonds. The van der Waals surface area contributed by atoms with E-state index in [-0.39, 0.29) is 23.7 Å². The van der Waals surface area contributed by atoms with Gasteiger partial charge in [0.25, 0.3) is 0 Å². The molecule has 0 bridgehead atoms. The van der Waals surface area contributed by atoms with Crippen molar-refractivity contribution in [3.63, 3.8) is 0 Å². The van der Waals surface area contributed by atoms with E-state index < -0.39 is 0 Å². The number of thiophene rings is 4. The first-order valence-electron chi connectivity index (χ1n) is 11.5. The fourth-order valence-corrected chi connectivity index (χ4v) is 7.98. The van der Waals surface area contributed by atoms with Crippen molar-refractivity contribution in [2.45, 2.75) is 38.8 Å². The SMILES string of the molecule is O=C(NCc1ccc(-c2cccs2)s1)C1CCCC[C@H]1C(=O)NCc1ccc(-c2cccs2)s1. The third-order valence-electron chi connectivity index (χ3n) is 6.16. The number of carbonyl (C=O) groups is 2. The highest BCUT2D eigenvalue weighted by Gasteiger charge is 2.35. The van der Waals surface area contributed by atoms with Crippen LogP contribution in [0.25, 0.3) is 19.5 Å². The van der Waals surface area contributed by atoms with Crippen LogP contribution in [0.2, 0.25) is 0 Å². The fraction of sp³-hybridized carbons (Fsp3) is 0.308. The predicted molar refractivity (Wildman–Crippen MR) is 144 cm³/mol. The van der Waals surface area contributed by atoms with Crippen molar-refractivity contribution in [1.29, 1.82) is 0 Å². The van der Waals surface area contributed by atoms with Crippen LogP contribution in [0.4, 0.5) is 0 Å². The molecule has 0 radical (unpaired) electrons. The molecule has 1 unspecified atom stereocenters. The summed E-state index contributed by atoms with van der Waals surface area (Å²) in [6, 6.07) is 16.7. The van der Waals surface area contributed by atoms with Gasteiger partial charge in [0.1, 0.15) is 0 Å². The van der Waals surface area contributed by atoms with Gasteiger partial charge in [-0.1, -0.05) is 25.0 Å². The van der Waals surface area contributed by atoms with E-state index in [1.807, 2.05) is 0 Å². The maximum atomic E-state index is 13.0. The summed E-state index contributed by atoms with van der Waals surface area (Å²) in [4.78, 5) is 33.3. The lowest BCUT2D eigenvalue weighted by atomic mass is 9.78. The Morgan fingerprint density at radius 2 is 1.15 bits per heavy atom. The lowest BCUT2D eigenvalue weighted by Gasteiger charge is -2.29. The van der Waals surface area contributed by atoms with Gasteiger partial charge in [-0.3, -0.25) is 9.59 Å². The molecule has 5 rings (SSSR count). The highest BCUT2D eigenvalue weighted by atomic mass is 32.1. The minimum Gasteiger partial charge on any atom is -0.351 e. The first-order valence-corrected chi connectivity index (χ1v) is 14.9. The molecule has 4 aromatic rings. The maximum absolute atomic E-state index is 13.0. The van der Waals surface area contributed by atoms with Gasteiger partial charge < -0.3 is 10.6 Å². The molecule has 176 valence electrons. The highest BCUT2D eigenvalue weighted by Crippen LogP contribution is 2.34. The van der Waals surface area contributed by atoms with Crippen LogP contribution in [0.15, 0.2) is 59.3 Å². The van der Waals surface area contributed by atoms with Gasteiger partial charge in [0.05, 0.1) is 13.1 Å². The number of hydrogen-bond acceptors (Lipinski definition) is 6. The van der Waals surface area contributed by atoms with Crippen LogP contribution in [-0.4, -0.2) is 11.8 Å². The number of nitrogens with one attached hydrogen (secondary N) is 2. The van der Waals surface area contributed by atoms with Crippen LogP contribution in [0.3, 0.4) is 0 Å². The molecule has 0 saturated heterocycles. The number of hydrogen-bond donors (Lipinski definition) is 2. The van der Waals surface area contributed by atoms with E-state index in [4.69, 9.17) is 0 Å². The smallest absolute Gasteiger partial charge is 0.224 e. The van der Waals surface area contributed by atoms with Gasteiger partial charge in [-0.05, 0) is 60.0 Å². The van der Waals surface area contributed by atoms with Gasteiger partial charge in [0.15, 0.2) is 0 Å². The van der Waals surface area contributed by atoms with Crippen molar-refractivity contribution in [1.82, 2.24) is 10.6 Å². The van der Waals surface area contributed by atoms with Crippen molar-refractivity contribution < 1.29 is 9.59 Å². The number of amides is 2. The fourth-order valence-electron chi connectivity index (χ4n) is 4.42. The zero-order valence-corrected chi connectivity index (χ0v) is 21.9. The monoisotopic (exact) mass is 526 g/mol. The quantitative estimate of drug-likeness (QED) is 0.260. The minimum atomic E-state index is -0.254. The van der Waals surface area contributed by atoms with E-state index >= 15 is 0 Å². The van der Waals surface area contributed by atoms with Gasteiger partial charge in [-0.2, -0.15) is 0 Å². The topological polar surface area (TPSA) is 58.2 Å². The van der Waals surface area contributed by atoms with Crippen LogP contribution in [0.1, 0.15) is 35.4 Å². The Hall–Kier alpha value is -2.26. The maximum Gasteiger partial charge on any atom is 0.224 e. The summed E-state index contributed by atoms with van der Waals surface area (Å²) in [5, 5.41) is 10.4. The van der Waals surface area contributed by atoms with Crippen LogP contribution in [0.5, 0.6) is 0 Å². The second kappa shape index (κ2) is 11.0. The molecule has 1 fully saturated rings. The average Bonchev–Trinajstić information content (AvgIpc) is 3.67. The molecule has 4 heterocycles. The van der Waals surface area contributed by atoms with E-state index in [0.29, 0.717) is 13.1 Å². The lowest BCUT2D eigenvalue weighted by Crippen LogP contribution is -2.43. The summed E-state index contributed by atoms with van der Waals surface area (Å²) in [7, 11) is 0. The molecule has 34 heavy (non-hydrogen) atoms. The van der Waals surface area contributed by atoms with Crippen molar-refractivity contribution in [3.05, 3.63) is 69.0 Å². The summed E-state index contributed by atoms with van der Waals surface area (Å²) in [5.74, 6) is -0.505. The Morgan fingerprint density at radius 1 is 0.676 bits per heavy atom. The molecule has 0 aromatic carbocycles. The summed E-state index contributed by atoms with van der Waals surface area (Å²) >= 11 is 6.87. The van der Waals surface area contributed by atoms with Gasteiger partial charge >= 0.3 is 0 Å².